The molecule has 1 N–H and O–H groups in total. The Balaban J connectivity index is 1.95. The lowest BCUT2D eigenvalue weighted by Crippen LogP contribution is -1.98. The molecule has 0 saturated carbocycles. The van der Waals surface area contributed by atoms with E-state index in [0.29, 0.717) is 11.3 Å². The number of rotatable bonds is 1. The van der Waals surface area contributed by atoms with Crippen LogP contribution in [0.15, 0.2) is 53.4 Å². The molecule has 5 nitrogen and oxygen atoms in total. The molecule has 0 aliphatic heterocycles. The number of hydrogen-bond donors (Lipinski definition) is 1. The molecule has 4 aromatic rings. The third-order valence-electron chi connectivity index (χ3n) is 4.58. The second-order valence-corrected chi connectivity index (χ2v) is 7.68. The average molecular weight is 348 g/mol. The molecule has 0 fully saturated rings. The van der Waals surface area contributed by atoms with Crippen LogP contribution in [0.25, 0.3) is 44.3 Å². The number of fused-ring (bicyclic) bond motifs is 4. The van der Waals surface area contributed by atoms with E-state index in [1.807, 2.05) is 43.3 Å². The van der Waals surface area contributed by atoms with Crippen LogP contribution in [-0.4, -0.2) is 22.9 Å². The van der Waals surface area contributed by atoms with Crippen molar-refractivity contribution in [3.63, 3.8) is 0 Å². The van der Waals surface area contributed by atoms with E-state index in [-0.39, 0.29) is 4.90 Å². The zero-order valence-electron chi connectivity index (χ0n) is 13.2. The SMILES string of the molecule is Cc1ccc2nc3c(nc2c1)-c1cccc2cc(S(=O)(=O)O)cc-3c12. The predicted molar refractivity (Wildman–Crippen MR) is 96.0 cm³/mol. The zero-order chi connectivity index (χ0) is 17.3. The Bertz CT molecular complexity index is 1330. The molecule has 3 aromatic carbocycles. The lowest BCUT2D eigenvalue weighted by atomic mass is 10.0. The molecule has 0 radical (unpaired) electrons. The highest BCUT2D eigenvalue weighted by atomic mass is 32.2. The van der Waals surface area contributed by atoms with E-state index < -0.39 is 10.1 Å². The van der Waals surface area contributed by atoms with Gasteiger partial charge in [0.25, 0.3) is 10.1 Å². The van der Waals surface area contributed by atoms with Gasteiger partial charge in [-0.2, -0.15) is 8.42 Å². The molecule has 25 heavy (non-hydrogen) atoms. The molecule has 6 heteroatoms. The summed E-state index contributed by atoms with van der Waals surface area (Å²) in [7, 11) is -4.30. The summed E-state index contributed by atoms with van der Waals surface area (Å²) >= 11 is 0. The molecule has 0 saturated heterocycles. The van der Waals surface area contributed by atoms with Crippen molar-refractivity contribution in [3.05, 3.63) is 54.1 Å². The predicted octanol–water partition coefficient (Wildman–Crippen LogP) is 3.99. The van der Waals surface area contributed by atoms with Crippen LogP contribution >= 0.6 is 0 Å². The number of hydrogen-bond acceptors (Lipinski definition) is 4. The first-order valence-electron chi connectivity index (χ1n) is 7.75. The normalized spacial score (nSPS) is 12.7. The van der Waals surface area contributed by atoms with Crippen molar-refractivity contribution in [2.45, 2.75) is 11.8 Å². The van der Waals surface area contributed by atoms with Gasteiger partial charge in [-0.15, -0.1) is 0 Å². The first-order valence-corrected chi connectivity index (χ1v) is 9.19. The molecule has 0 spiro atoms. The van der Waals surface area contributed by atoms with Crippen molar-refractivity contribution in [1.82, 2.24) is 9.97 Å². The molecule has 1 aromatic heterocycles. The van der Waals surface area contributed by atoms with E-state index in [4.69, 9.17) is 9.97 Å². The van der Waals surface area contributed by atoms with Crippen LogP contribution in [0, 0.1) is 6.92 Å². The van der Waals surface area contributed by atoms with Gasteiger partial charge in [-0.25, -0.2) is 9.97 Å². The van der Waals surface area contributed by atoms with Crippen molar-refractivity contribution < 1.29 is 13.0 Å². The van der Waals surface area contributed by atoms with E-state index in [9.17, 15) is 13.0 Å². The highest BCUT2D eigenvalue weighted by Gasteiger charge is 2.27. The molecule has 1 heterocycles. The van der Waals surface area contributed by atoms with Gasteiger partial charge in [-0.3, -0.25) is 4.55 Å². The van der Waals surface area contributed by atoms with Crippen molar-refractivity contribution in [2.75, 3.05) is 0 Å². The standard InChI is InChI=1S/C19H12N2O3S/c1-10-5-6-15-16(7-10)21-18-13-4-2-3-11-8-12(25(22,23)24)9-14(17(11)13)19(18)20-15/h2-9H,1H3,(H,22,23,24). The second-order valence-electron chi connectivity index (χ2n) is 6.26. The summed E-state index contributed by atoms with van der Waals surface area (Å²) in [6, 6.07) is 14.4. The van der Waals surface area contributed by atoms with Gasteiger partial charge in [0.05, 0.1) is 27.3 Å². The highest BCUT2D eigenvalue weighted by molar-refractivity contribution is 7.85. The van der Waals surface area contributed by atoms with Crippen molar-refractivity contribution in [3.8, 4) is 22.5 Å². The smallest absolute Gasteiger partial charge is 0.282 e. The molecule has 0 amide bonds. The van der Waals surface area contributed by atoms with Crippen LogP contribution in [0.1, 0.15) is 5.56 Å². The Hall–Kier alpha value is -2.83. The number of benzene rings is 3. The highest BCUT2D eigenvalue weighted by Crippen LogP contribution is 2.46. The van der Waals surface area contributed by atoms with Gasteiger partial charge in [0.2, 0.25) is 0 Å². The summed E-state index contributed by atoms with van der Waals surface area (Å²) in [4.78, 5) is 9.36. The largest absolute Gasteiger partial charge is 0.294 e. The van der Waals surface area contributed by atoms with Gasteiger partial charge in [0.15, 0.2) is 0 Å². The van der Waals surface area contributed by atoms with Crippen molar-refractivity contribution >= 4 is 31.9 Å². The molecule has 1 aliphatic rings. The van der Waals surface area contributed by atoms with Crippen LogP contribution < -0.4 is 0 Å². The van der Waals surface area contributed by atoms with E-state index in [1.54, 1.807) is 0 Å². The van der Waals surface area contributed by atoms with E-state index in [1.165, 1.54) is 12.1 Å². The summed E-state index contributed by atoms with van der Waals surface area (Å²) in [6.45, 7) is 2.00. The van der Waals surface area contributed by atoms with Gasteiger partial charge in [-0.1, -0.05) is 24.3 Å². The monoisotopic (exact) mass is 348 g/mol. The molecule has 1 aliphatic carbocycles. The summed E-state index contributed by atoms with van der Waals surface area (Å²) < 4.78 is 32.8. The Morgan fingerprint density at radius 1 is 0.880 bits per heavy atom. The fraction of sp³-hybridized carbons (Fsp3) is 0.0526. The summed E-state index contributed by atoms with van der Waals surface area (Å²) in [5.74, 6) is 0. The summed E-state index contributed by atoms with van der Waals surface area (Å²) in [5, 5.41) is 1.65. The fourth-order valence-corrected chi connectivity index (χ4v) is 4.02. The van der Waals surface area contributed by atoms with Gasteiger partial charge in [-0.05, 0) is 42.1 Å². The van der Waals surface area contributed by atoms with E-state index >= 15 is 0 Å². The third-order valence-corrected chi connectivity index (χ3v) is 5.41. The molecule has 5 rings (SSSR count). The lowest BCUT2D eigenvalue weighted by Gasteiger charge is -2.05. The first-order chi connectivity index (χ1) is 11.9. The quantitative estimate of drug-likeness (QED) is 0.463. The molecule has 0 bridgehead atoms. The molecule has 0 unspecified atom stereocenters. The van der Waals surface area contributed by atoms with Gasteiger partial charge in [0.1, 0.15) is 0 Å². The Labute approximate surface area is 143 Å². The Morgan fingerprint density at radius 3 is 2.44 bits per heavy atom. The minimum atomic E-state index is -4.30. The van der Waals surface area contributed by atoms with E-state index in [0.717, 1.165) is 38.6 Å². The van der Waals surface area contributed by atoms with Crippen molar-refractivity contribution in [2.24, 2.45) is 0 Å². The minimum absolute atomic E-state index is 0.134. The Morgan fingerprint density at radius 2 is 1.64 bits per heavy atom. The Kier molecular flexibility index (Phi) is 2.68. The maximum Gasteiger partial charge on any atom is 0.294 e. The van der Waals surface area contributed by atoms with Crippen LogP contribution in [0.3, 0.4) is 0 Å². The summed E-state index contributed by atoms with van der Waals surface area (Å²) in [5.41, 5.74) is 5.66. The van der Waals surface area contributed by atoms with Crippen LogP contribution in [0.2, 0.25) is 0 Å². The van der Waals surface area contributed by atoms with E-state index in [2.05, 4.69) is 0 Å². The maximum atomic E-state index is 11.6. The zero-order valence-corrected chi connectivity index (χ0v) is 14.0. The van der Waals surface area contributed by atoms with Gasteiger partial charge < -0.3 is 0 Å². The first kappa shape index (κ1) is 14.5. The molecule has 0 atom stereocenters. The maximum absolute atomic E-state index is 11.6. The van der Waals surface area contributed by atoms with Crippen LogP contribution in [0.4, 0.5) is 0 Å². The summed E-state index contributed by atoms with van der Waals surface area (Å²) in [6.07, 6.45) is 0. The molecular formula is C19H12N2O3S. The van der Waals surface area contributed by atoms with Gasteiger partial charge in [0, 0.05) is 16.5 Å². The molecule has 122 valence electrons. The molecular weight excluding hydrogens is 336 g/mol. The van der Waals surface area contributed by atoms with Gasteiger partial charge >= 0.3 is 0 Å². The third kappa shape index (κ3) is 2.01. The lowest BCUT2D eigenvalue weighted by molar-refractivity contribution is 0.483. The number of aromatic nitrogens is 2. The van der Waals surface area contributed by atoms with Crippen LogP contribution in [-0.2, 0) is 10.1 Å². The fourth-order valence-electron chi connectivity index (χ4n) is 3.47. The van der Waals surface area contributed by atoms with Crippen LogP contribution in [0.5, 0.6) is 0 Å². The minimum Gasteiger partial charge on any atom is -0.282 e. The van der Waals surface area contributed by atoms with Crippen molar-refractivity contribution in [1.29, 1.82) is 0 Å². The average Bonchev–Trinajstić information content (AvgIpc) is 2.87. The number of aryl methyl sites for hydroxylation is 1. The number of nitrogens with zero attached hydrogens (tertiary/aromatic N) is 2. The topological polar surface area (TPSA) is 80.2 Å². The second kappa shape index (κ2) is 4.62.